The monoisotopic (exact) mass is 745 g/mol. The average Bonchev–Trinajstić information content (AvgIpc) is 3.96. The Kier molecular flexibility index (Phi) is 12.2. The van der Waals surface area contributed by atoms with Crippen molar-refractivity contribution in [1.82, 2.24) is 26.2 Å². The topological polar surface area (TPSA) is 171 Å². The Bertz CT molecular complexity index is 1480. The predicted octanol–water partition coefficient (Wildman–Crippen LogP) is 4.18. The number of ketones is 1. The van der Waals surface area contributed by atoms with E-state index in [9.17, 15) is 27.6 Å². The van der Waals surface area contributed by atoms with E-state index in [2.05, 4.69) is 41.7 Å². The number of likely N-dealkylation sites (tertiary alicyclic amines) is 1. The van der Waals surface area contributed by atoms with E-state index in [0.29, 0.717) is 32.2 Å². The van der Waals surface area contributed by atoms with Crippen LogP contribution in [0.2, 0.25) is 0 Å². The SMILES string of the molecule is C=CCNC(=O)C(=O)C(CC1CC1)NC(=O)[C@@H]1C[C@@H](C(C)C)CN1C(=O)C1(NC(=O)NC2(CS(=O)(=O)C(C)(C)C)CCCCC2)C2CCCCC[C@H]21. The molecule has 6 atom stereocenters. The van der Waals surface area contributed by atoms with Crippen LogP contribution < -0.4 is 21.3 Å². The molecule has 3 unspecified atom stereocenters. The van der Waals surface area contributed by atoms with E-state index in [0.717, 1.165) is 64.2 Å². The highest BCUT2D eigenvalue weighted by molar-refractivity contribution is 7.92. The van der Waals surface area contributed by atoms with E-state index in [4.69, 9.17) is 0 Å². The average molecular weight is 746 g/mol. The van der Waals surface area contributed by atoms with Crippen molar-refractivity contribution in [3.8, 4) is 0 Å². The molecule has 0 aromatic rings. The number of nitrogens with one attached hydrogen (secondary N) is 4. The molecule has 0 aromatic heterocycles. The van der Waals surface area contributed by atoms with Crippen LogP contribution in [0.4, 0.5) is 4.79 Å². The molecule has 1 aliphatic heterocycles. The van der Waals surface area contributed by atoms with E-state index >= 15 is 4.79 Å². The van der Waals surface area contributed by atoms with Crippen LogP contribution in [0.1, 0.15) is 125 Å². The molecular weight excluding hydrogens is 683 g/mol. The van der Waals surface area contributed by atoms with E-state index in [-0.39, 0.29) is 47.8 Å². The number of urea groups is 1. The van der Waals surface area contributed by atoms with Crippen LogP contribution in [0.25, 0.3) is 0 Å². The van der Waals surface area contributed by atoms with Crippen LogP contribution in [0.15, 0.2) is 12.7 Å². The summed E-state index contributed by atoms with van der Waals surface area (Å²) in [4.78, 5) is 70.9. The highest BCUT2D eigenvalue weighted by atomic mass is 32.2. The third-order valence-electron chi connectivity index (χ3n) is 12.7. The molecule has 4 N–H and O–H groups in total. The maximum atomic E-state index is 15.1. The van der Waals surface area contributed by atoms with Gasteiger partial charge in [-0.25, -0.2) is 13.2 Å². The predicted molar refractivity (Wildman–Crippen MR) is 200 cm³/mol. The number of sulfone groups is 1. The van der Waals surface area contributed by atoms with Gasteiger partial charge in [0.15, 0.2) is 9.84 Å². The maximum Gasteiger partial charge on any atom is 0.316 e. The second-order valence-corrected chi connectivity index (χ2v) is 20.6. The minimum Gasteiger partial charge on any atom is -0.346 e. The molecule has 5 rings (SSSR count). The number of hydrogen-bond donors (Lipinski definition) is 4. The zero-order chi connectivity index (χ0) is 38.1. The molecule has 5 aliphatic rings. The lowest BCUT2D eigenvalue weighted by Gasteiger charge is -2.40. The van der Waals surface area contributed by atoms with Gasteiger partial charge in [0, 0.05) is 13.1 Å². The second-order valence-electron chi connectivity index (χ2n) is 17.8. The molecule has 0 spiro atoms. The van der Waals surface area contributed by atoms with Crippen molar-refractivity contribution < 1.29 is 32.4 Å². The van der Waals surface area contributed by atoms with Gasteiger partial charge in [0.2, 0.25) is 17.6 Å². The highest BCUT2D eigenvalue weighted by Crippen LogP contribution is 2.59. The van der Waals surface area contributed by atoms with Crippen LogP contribution in [-0.4, -0.2) is 89.6 Å². The summed E-state index contributed by atoms with van der Waals surface area (Å²) < 4.78 is 25.9. The lowest BCUT2D eigenvalue weighted by molar-refractivity contribution is -0.143. The van der Waals surface area contributed by atoms with Crippen LogP contribution in [0, 0.1) is 29.6 Å². The number of rotatable bonds is 14. The van der Waals surface area contributed by atoms with Crippen molar-refractivity contribution >= 4 is 39.4 Å². The van der Waals surface area contributed by atoms with Gasteiger partial charge in [0.25, 0.3) is 5.91 Å². The molecule has 12 nitrogen and oxygen atoms in total. The molecule has 52 heavy (non-hydrogen) atoms. The zero-order valence-electron chi connectivity index (χ0n) is 32.1. The Hall–Kier alpha value is -2.96. The van der Waals surface area contributed by atoms with Gasteiger partial charge in [-0.3, -0.25) is 19.2 Å². The number of carbonyl (C=O) groups is 5. The van der Waals surface area contributed by atoms with Crippen LogP contribution in [-0.2, 0) is 29.0 Å². The molecule has 0 aromatic carbocycles. The lowest BCUT2D eigenvalue weighted by Crippen LogP contribution is -2.63. The van der Waals surface area contributed by atoms with Gasteiger partial charge < -0.3 is 26.2 Å². The fourth-order valence-corrected chi connectivity index (χ4v) is 10.6. The lowest BCUT2D eigenvalue weighted by atomic mass is 9.83. The molecular formula is C39H63N5O7S. The molecule has 4 saturated carbocycles. The first kappa shape index (κ1) is 40.2. The third kappa shape index (κ3) is 8.70. The van der Waals surface area contributed by atoms with Crippen molar-refractivity contribution in [2.75, 3.05) is 18.8 Å². The van der Waals surface area contributed by atoms with Gasteiger partial charge in [-0.1, -0.05) is 71.3 Å². The van der Waals surface area contributed by atoms with Gasteiger partial charge in [-0.2, -0.15) is 0 Å². The first-order valence-corrected chi connectivity index (χ1v) is 21.5. The Balaban J connectivity index is 1.40. The maximum absolute atomic E-state index is 15.1. The van der Waals surface area contributed by atoms with Crippen molar-refractivity contribution in [3.05, 3.63) is 12.7 Å². The first-order valence-electron chi connectivity index (χ1n) is 19.8. The van der Waals surface area contributed by atoms with Crippen molar-refractivity contribution in [3.63, 3.8) is 0 Å². The molecule has 5 fully saturated rings. The molecule has 5 amide bonds. The van der Waals surface area contributed by atoms with Gasteiger partial charge in [-0.15, -0.1) is 6.58 Å². The number of Topliss-reactive ketones (excluding diaryl/α,β-unsaturated/α-hetero) is 1. The summed E-state index contributed by atoms with van der Waals surface area (Å²) in [7, 11) is -3.56. The summed E-state index contributed by atoms with van der Waals surface area (Å²) in [6.07, 6.45) is 12.2. The van der Waals surface area contributed by atoms with E-state index in [1.165, 1.54) is 6.08 Å². The Morgan fingerprint density at radius 3 is 2.08 bits per heavy atom. The Morgan fingerprint density at radius 1 is 0.904 bits per heavy atom. The third-order valence-corrected chi connectivity index (χ3v) is 15.5. The van der Waals surface area contributed by atoms with Crippen molar-refractivity contribution in [2.24, 2.45) is 29.6 Å². The summed E-state index contributed by atoms with van der Waals surface area (Å²) in [6.45, 7) is 13.2. The fraction of sp³-hybridized carbons (Fsp3) is 0.821. The molecule has 0 radical (unpaired) electrons. The quantitative estimate of drug-likeness (QED) is 0.153. The largest absolute Gasteiger partial charge is 0.346 e. The molecule has 13 heteroatoms. The molecule has 292 valence electrons. The number of fused-ring (bicyclic) bond motifs is 1. The molecule has 0 bridgehead atoms. The highest BCUT2D eigenvalue weighted by Gasteiger charge is 2.71. The van der Waals surface area contributed by atoms with Gasteiger partial charge in [0.1, 0.15) is 11.6 Å². The van der Waals surface area contributed by atoms with E-state index < -0.39 is 61.4 Å². The summed E-state index contributed by atoms with van der Waals surface area (Å²) in [6, 6.07) is -2.40. The van der Waals surface area contributed by atoms with E-state index in [1.54, 1.807) is 25.7 Å². The number of nitrogens with zero attached hydrogens (tertiary/aromatic N) is 1. The zero-order valence-corrected chi connectivity index (χ0v) is 32.9. The van der Waals surface area contributed by atoms with Gasteiger partial charge in [-0.05, 0) is 88.9 Å². The van der Waals surface area contributed by atoms with Crippen LogP contribution in [0.5, 0.6) is 0 Å². The summed E-state index contributed by atoms with van der Waals surface area (Å²) >= 11 is 0. The summed E-state index contributed by atoms with van der Waals surface area (Å²) in [5.41, 5.74) is -2.14. The van der Waals surface area contributed by atoms with Crippen LogP contribution in [0.3, 0.4) is 0 Å². The minimum absolute atomic E-state index is 0.0238. The second kappa shape index (κ2) is 15.8. The minimum atomic E-state index is -3.56. The van der Waals surface area contributed by atoms with Crippen molar-refractivity contribution in [1.29, 1.82) is 0 Å². The number of amides is 5. The van der Waals surface area contributed by atoms with Crippen molar-refractivity contribution in [2.45, 2.75) is 152 Å². The van der Waals surface area contributed by atoms with Gasteiger partial charge in [0.05, 0.1) is 22.1 Å². The smallest absolute Gasteiger partial charge is 0.316 e. The van der Waals surface area contributed by atoms with E-state index in [1.807, 2.05) is 0 Å². The summed E-state index contributed by atoms with van der Waals surface area (Å²) in [5, 5.41) is 11.7. The standard InChI is InChI=1S/C39H63N5O7S/c1-7-20-40-34(47)32(45)30(21-26-16-17-26)41-33(46)31-22-27(25(2)3)23-44(31)35(48)39(28-14-10-8-11-15-29(28)39)43-36(49)42-38(18-12-9-13-19-38)24-52(50,51)37(4,5)6/h7,25-31H,1,8-24H2,2-6H3,(H,40,47)(H,41,46)(H2,42,43,49)/t27-,28-,29?,30?,31+,39?/m1/s1. The number of carbonyl (C=O) groups excluding carboxylic acids is 5. The first-order chi connectivity index (χ1) is 24.4. The van der Waals surface area contributed by atoms with Gasteiger partial charge >= 0.3 is 6.03 Å². The summed E-state index contributed by atoms with van der Waals surface area (Å²) in [5.74, 6) is -2.11. The molecule has 1 heterocycles. The molecule has 1 saturated heterocycles. The molecule has 4 aliphatic carbocycles. The number of hydrogen-bond acceptors (Lipinski definition) is 7. The fourth-order valence-electron chi connectivity index (χ4n) is 9.09. The normalized spacial score (nSPS) is 29.2. The Morgan fingerprint density at radius 2 is 1.52 bits per heavy atom. The Labute approximate surface area is 310 Å². The van der Waals surface area contributed by atoms with Crippen LogP contribution >= 0.6 is 0 Å².